The molecule has 180 valence electrons. The molecule has 1 aromatic heterocycles. The monoisotopic (exact) mass is 459 g/mol. The lowest BCUT2D eigenvalue weighted by Gasteiger charge is -2.35. The summed E-state index contributed by atoms with van der Waals surface area (Å²) in [4.78, 5) is 55.6. The topological polar surface area (TPSA) is 141 Å². The molecular formula is C23H33N5O5. The summed E-state index contributed by atoms with van der Waals surface area (Å²) in [6.45, 7) is 4.07. The van der Waals surface area contributed by atoms with Gasteiger partial charge in [-0.1, -0.05) is 0 Å². The smallest absolute Gasteiger partial charge is 0.350 e. The van der Waals surface area contributed by atoms with Crippen molar-refractivity contribution in [3.05, 3.63) is 30.1 Å². The number of likely N-dealkylation sites (tertiary alicyclic amines) is 1. The summed E-state index contributed by atoms with van der Waals surface area (Å²) >= 11 is 0. The molecule has 10 nitrogen and oxygen atoms in total. The van der Waals surface area contributed by atoms with Crippen molar-refractivity contribution in [1.82, 2.24) is 25.8 Å². The number of carbonyl (C=O) groups excluding carboxylic acids is 3. The van der Waals surface area contributed by atoms with E-state index in [0.29, 0.717) is 31.7 Å². The average molecular weight is 460 g/mol. The first kappa shape index (κ1) is 24.6. The first-order chi connectivity index (χ1) is 15.8. The number of amides is 3. The van der Waals surface area contributed by atoms with E-state index in [1.165, 1.54) is 31.5 Å². The molecule has 2 saturated heterocycles. The number of hydrogen-bond acceptors (Lipinski definition) is 6. The number of aliphatic carboxylic acids is 1. The number of carboxylic acids is 1. The van der Waals surface area contributed by atoms with Crippen molar-refractivity contribution < 1.29 is 24.3 Å². The summed E-state index contributed by atoms with van der Waals surface area (Å²) in [6, 6.07) is 2.90. The maximum Gasteiger partial charge on any atom is 0.350 e. The Bertz CT molecular complexity index is 858. The van der Waals surface area contributed by atoms with Crippen LogP contribution in [0.3, 0.4) is 0 Å². The number of nitrogens with one attached hydrogen (secondary N) is 3. The van der Waals surface area contributed by atoms with Gasteiger partial charge in [0, 0.05) is 37.5 Å². The van der Waals surface area contributed by atoms with E-state index in [1.807, 2.05) is 0 Å². The van der Waals surface area contributed by atoms with Gasteiger partial charge >= 0.3 is 5.97 Å². The first-order valence-corrected chi connectivity index (χ1v) is 11.5. The second-order valence-corrected chi connectivity index (χ2v) is 9.02. The summed E-state index contributed by atoms with van der Waals surface area (Å²) in [7, 11) is 0. The molecule has 0 unspecified atom stereocenters. The van der Waals surface area contributed by atoms with Gasteiger partial charge in [0.15, 0.2) is 0 Å². The molecule has 3 heterocycles. The van der Waals surface area contributed by atoms with Gasteiger partial charge in [-0.25, -0.2) is 4.79 Å². The van der Waals surface area contributed by atoms with E-state index in [-0.39, 0.29) is 18.0 Å². The van der Waals surface area contributed by atoms with Gasteiger partial charge in [-0.3, -0.25) is 19.4 Å². The highest BCUT2D eigenvalue weighted by atomic mass is 16.4. The summed E-state index contributed by atoms with van der Waals surface area (Å²) in [5, 5.41) is 17.9. The Labute approximate surface area is 193 Å². The summed E-state index contributed by atoms with van der Waals surface area (Å²) < 4.78 is 0. The quantitative estimate of drug-likeness (QED) is 0.420. The number of hydrogen-bond donors (Lipinski definition) is 4. The molecule has 0 saturated carbocycles. The van der Waals surface area contributed by atoms with Crippen LogP contribution in [-0.4, -0.2) is 70.5 Å². The van der Waals surface area contributed by atoms with Crippen LogP contribution in [0.15, 0.2) is 24.5 Å². The van der Waals surface area contributed by atoms with E-state index in [1.54, 1.807) is 4.90 Å². The minimum Gasteiger partial charge on any atom is -0.478 e. The standard InChI is InChI=1S/C23H33N5O5/c1-23(22(32)33,26-20(30)17-8-12-25-13-9-17)27-21(31)18-3-2-14-28(15-18)19(29)5-4-16-6-10-24-11-7-16/h8-9,12-13,16,18,24H,2-7,10-11,14-15H2,1H3,(H,26,30)(H,27,31)(H,32,33)/t18-,23+/m1/s1. The highest BCUT2D eigenvalue weighted by molar-refractivity contribution is 5.99. The third-order valence-electron chi connectivity index (χ3n) is 6.48. The minimum atomic E-state index is -1.99. The zero-order valence-electron chi connectivity index (χ0n) is 19.0. The summed E-state index contributed by atoms with van der Waals surface area (Å²) in [5.41, 5.74) is -1.76. The first-order valence-electron chi connectivity index (χ1n) is 11.5. The van der Waals surface area contributed by atoms with Gasteiger partial charge in [0.2, 0.25) is 17.5 Å². The van der Waals surface area contributed by atoms with Gasteiger partial charge in [0.25, 0.3) is 5.91 Å². The van der Waals surface area contributed by atoms with Crippen molar-refractivity contribution in [3.63, 3.8) is 0 Å². The van der Waals surface area contributed by atoms with Gasteiger partial charge in [-0.2, -0.15) is 0 Å². The van der Waals surface area contributed by atoms with Crippen LogP contribution in [0.1, 0.15) is 55.8 Å². The van der Waals surface area contributed by atoms with Crippen LogP contribution in [0.25, 0.3) is 0 Å². The molecular weight excluding hydrogens is 426 g/mol. The third-order valence-corrected chi connectivity index (χ3v) is 6.48. The van der Waals surface area contributed by atoms with Crippen molar-refractivity contribution in [3.8, 4) is 0 Å². The van der Waals surface area contributed by atoms with Crippen LogP contribution in [-0.2, 0) is 14.4 Å². The van der Waals surface area contributed by atoms with Crippen LogP contribution in [0, 0.1) is 11.8 Å². The van der Waals surface area contributed by atoms with Crippen molar-refractivity contribution in [2.24, 2.45) is 11.8 Å². The predicted octanol–water partition coefficient (Wildman–Crippen LogP) is 0.747. The number of carboxylic acid groups (broad SMARTS) is 1. The van der Waals surface area contributed by atoms with Gasteiger partial charge in [0.1, 0.15) is 0 Å². The molecule has 0 spiro atoms. The van der Waals surface area contributed by atoms with E-state index >= 15 is 0 Å². The van der Waals surface area contributed by atoms with Crippen molar-refractivity contribution in [2.75, 3.05) is 26.2 Å². The maximum absolute atomic E-state index is 12.9. The minimum absolute atomic E-state index is 0.0398. The fourth-order valence-electron chi connectivity index (χ4n) is 4.36. The van der Waals surface area contributed by atoms with Crippen LogP contribution in [0.4, 0.5) is 0 Å². The largest absolute Gasteiger partial charge is 0.478 e. The number of pyridine rings is 1. The zero-order valence-corrected chi connectivity index (χ0v) is 19.0. The van der Waals surface area contributed by atoms with Crippen LogP contribution in [0.5, 0.6) is 0 Å². The van der Waals surface area contributed by atoms with Gasteiger partial charge < -0.3 is 26.0 Å². The Morgan fingerprint density at radius 3 is 2.52 bits per heavy atom. The molecule has 3 amide bonds. The van der Waals surface area contributed by atoms with Crippen molar-refractivity contribution >= 4 is 23.7 Å². The molecule has 4 N–H and O–H groups in total. The predicted molar refractivity (Wildman–Crippen MR) is 120 cm³/mol. The highest BCUT2D eigenvalue weighted by Crippen LogP contribution is 2.22. The number of nitrogens with zero attached hydrogens (tertiary/aromatic N) is 2. The molecule has 0 bridgehead atoms. The normalized spacial score (nSPS) is 21.0. The van der Waals surface area contributed by atoms with Gasteiger partial charge in [-0.05, 0) is 70.2 Å². The molecule has 1 aromatic rings. The lowest BCUT2D eigenvalue weighted by Crippen LogP contribution is -2.65. The fourth-order valence-corrected chi connectivity index (χ4v) is 4.36. The summed E-state index contributed by atoms with van der Waals surface area (Å²) in [5.74, 6) is -2.45. The molecule has 0 aromatic carbocycles. The molecule has 33 heavy (non-hydrogen) atoms. The lowest BCUT2D eigenvalue weighted by molar-refractivity contribution is -0.149. The van der Waals surface area contributed by atoms with Crippen LogP contribution < -0.4 is 16.0 Å². The van der Waals surface area contributed by atoms with E-state index in [0.717, 1.165) is 32.4 Å². The Hall–Kier alpha value is -3.01. The molecule has 2 aliphatic rings. The van der Waals surface area contributed by atoms with E-state index in [4.69, 9.17) is 0 Å². The number of carbonyl (C=O) groups is 4. The fraction of sp³-hybridized carbons (Fsp3) is 0.609. The third kappa shape index (κ3) is 6.74. The molecule has 10 heteroatoms. The molecule has 0 aliphatic carbocycles. The second kappa shape index (κ2) is 11.2. The number of aromatic nitrogens is 1. The van der Waals surface area contributed by atoms with Crippen molar-refractivity contribution in [1.29, 1.82) is 0 Å². The zero-order chi connectivity index (χ0) is 23.8. The highest BCUT2D eigenvalue weighted by Gasteiger charge is 2.39. The summed E-state index contributed by atoms with van der Waals surface area (Å²) in [6.07, 6.45) is 7.55. The molecule has 3 rings (SSSR count). The van der Waals surface area contributed by atoms with Gasteiger partial charge in [0.05, 0.1) is 5.92 Å². The van der Waals surface area contributed by atoms with E-state index < -0.39 is 29.4 Å². The van der Waals surface area contributed by atoms with Crippen LogP contribution >= 0.6 is 0 Å². The Morgan fingerprint density at radius 2 is 1.85 bits per heavy atom. The second-order valence-electron chi connectivity index (χ2n) is 9.02. The number of rotatable bonds is 8. The van der Waals surface area contributed by atoms with Gasteiger partial charge in [-0.15, -0.1) is 0 Å². The van der Waals surface area contributed by atoms with E-state index in [9.17, 15) is 24.3 Å². The van der Waals surface area contributed by atoms with Crippen molar-refractivity contribution in [2.45, 2.75) is 51.1 Å². The Kier molecular flexibility index (Phi) is 8.37. The number of piperidine rings is 2. The van der Waals surface area contributed by atoms with E-state index in [2.05, 4.69) is 20.9 Å². The Morgan fingerprint density at radius 1 is 1.15 bits per heavy atom. The molecule has 2 aliphatic heterocycles. The van der Waals surface area contributed by atoms with Crippen LogP contribution in [0.2, 0.25) is 0 Å². The average Bonchev–Trinajstić information content (AvgIpc) is 2.83. The Balaban J connectivity index is 1.56. The maximum atomic E-state index is 12.9. The molecule has 2 fully saturated rings. The lowest BCUT2D eigenvalue weighted by atomic mass is 9.92. The molecule has 0 radical (unpaired) electrons. The SMILES string of the molecule is C[C@](NC(=O)c1ccncc1)(NC(=O)[C@@H]1CCCN(C(=O)CCC2CCNCC2)C1)C(=O)O. The molecule has 2 atom stereocenters.